The smallest absolute Gasteiger partial charge is 0.146 e. The predicted octanol–water partition coefficient (Wildman–Crippen LogP) is 3.14. The summed E-state index contributed by atoms with van der Waals surface area (Å²) < 4.78 is 0.936. The molecule has 0 aliphatic heterocycles. The Balaban J connectivity index is 2.54. The van der Waals surface area contributed by atoms with Crippen LogP contribution in [-0.4, -0.2) is 10.2 Å². The van der Waals surface area contributed by atoms with E-state index in [1.165, 1.54) is 0 Å². The predicted molar refractivity (Wildman–Crippen MR) is 64.6 cm³/mol. The lowest BCUT2D eigenvalue weighted by Crippen LogP contribution is -1.93. The summed E-state index contributed by atoms with van der Waals surface area (Å²) in [6.45, 7) is 0. The summed E-state index contributed by atoms with van der Waals surface area (Å²) in [5, 5.41) is 8.12. The van der Waals surface area contributed by atoms with Crippen LogP contribution in [-0.2, 0) is 0 Å². The van der Waals surface area contributed by atoms with Crippen LogP contribution in [0, 0.1) is 0 Å². The van der Waals surface area contributed by atoms with Crippen LogP contribution in [0.3, 0.4) is 0 Å². The Morgan fingerprint density at radius 2 is 2.07 bits per heavy atom. The van der Waals surface area contributed by atoms with E-state index < -0.39 is 0 Å². The SMILES string of the molecule is Nc1cc(-c2ccc(Br)cc2Cl)cnn1. The molecule has 0 aliphatic rings. The Bertz CT molecular complexity index is 502. The largest absolute Gasteiger partial charge is 0.382 e. The number of nitrogens with two attached hydrogens (primary N) is 1. The van der Waals surface area contributed by atoms with Gasteiger partial charge in [-0.1, -0.05) is 33.6 Å². The van der Waals surface area contributed by atoms with Gasteiger partial charge in [0.05, 0.1) is 6.20 Å². The number of hydrogen-bond donors (Lipinski definition) is 1. The summed E-state index contributed by atoms with van der Waals surface area (Å²) in [4.78, 5) is 0. The van der Waals surface area contributed by atoms with Crippen molar-refractivity contribution in [3.63, 3.8) is 0 Å². The van der Waals surface area contributed by atoms with E-state index in [4.69, 9.17) is 17.3 Å². The molecule has 0 unspecified atom stereocenters. The molecule has 0 bridgehead atoms. The molecule has 0 saturated heterocycles. The molecule has 1 aromatic heterocycles. The second-order valence-electron chi connectivity index (χ2n) is 2.99. The van der Waals surface area contributed by atoms with Crippen molar-refractivity contribution < 1.29 is 0 Å². The van der Waals surface area contributed by atoms with Gasteiger partial charge in [-0.15, -0.1) is 5.10 Å². The lowest BCUT2D eigenvalue weighted by Gasteiger charge is -2.04. The molecule has 3 nitrogen and oxygen atoms in total. The molecule has 0 spiro atoms. The number of benzene rings is 1. The zero-order valence-corrected chi connectivity index (χ0v) is 9.96. The van der Waals surface area contributed by atoms with Crippen LogP contribution in [0.1, 0.15) is 0 Å². The Hall–Kier alpha value is -1.13. The number of anilines is 1. The first-order chi connectivity index (χ1) is 7.16. The summed E-state index contributed by atoms with van der Waals surface area (Å²) in [6.07, 6.45) is 1.63. The molecular weight excluding hydrogens is 277 g/mol. The van der Waals surface area contributed by atoms with Gasteiger partial charge in [0.15, 0.2) is 0 Å². The Morgan fingerprint density at radius 3 is 2.73 bits per heavy atom. The van der Waals surface area contributed by atoms with E-state index in [9.17, 15) is 0 Å². The van der Waals surface area contributed by atoms with Gasteiger partial charge in [-0.25, -0.2) is 0 Å². The van der Waals surface area contributed by atoms with Crippen molar-refractivity contribution in [2.75, 3.05) is 5.73 Å². The molecule has 15 heavy (non-hydrogen) atoms. The topological polar surface area (TPSA) is 51.8 Å². The van der Waals surface area contributed by atoms with Gasteiger partial charge in [-0.2, -0.15) is 5.10 Å². The van der Waals surface area contributed by atoms with E-state index in [-0.39, 0.29) is 0 Å². The van der Waals surface area contributed by atoms with Crippen molar-refractivity contribution in [3.05, 3.63) is 40.0 Å². The van der Waals surface area contributed by atoms with Crippen molar-refractivity contribution in [3.8, 4) is 11.1 Å². The number of hydrogen-bond acceptors (Lipinski definition) is 3. The van der Waals surface area contributed by atoms with Crippen molar-refractivity contribution in [2.45, 2.75) is 0 Å². The molecule has 76 valence electrons. The monoisotopic (exact) mass is 283 g/mol. The minimum atomic E-state index is 0.381. The van der Waals surface area contributed by atoms with E-state index in [0.29, 0.717) is 10.8 Å². The average Bonchev–Trinajstić information content (AvgIpc) is 2.17. The van der Waals surface area contributed by atoms with Gasteiger partial charge >= 0.3 is 0 Å². The highest BCUT2D eigenvalue weighted by atomic mass is 79.9. The van der Waals surface area contributed by atoms with E-state index in [2.05, 4.69) is 26.1 Å². The highest BCUT2D eigenvalue weighted by Gasteiger charge is 2.04. The molecule has 1 heterocycles. The van der Waals surface area contributed by atoms with Crippen LogP contribution in [0.5, 0.6) is 0 Å². The van der Waals surface area contributed by atoms with Gasteiger partial charge < -0.3 is 5.73 Å². The molecule has 2 rings (SSSR count). The fourth-order valence-corrected chi connectivity index (χ4v) is 2.04. The van der Waals surface area contributed by atoms with E-state index in [1.54, 1.807) is 12.3 Å². The first-order valence-corrected chi connectivity index (χ1v) is 5.37. The van der Waals surface area contributed by atoms with E-state index in [0.717, 1.165) is 15.6 Å². The molecule has 5 heteroatoms. The molecule has 0 fully saturated rings. The Kier molecular flexibility index (Phi) is 2.88. The molecule has 0 amide bonds. The fourth-order valence-electron chi connectivity index (χ4n) is 1.25. The highest BCUT2D eigenvalue weighted by molar-refractivity contribution is 9.10. The number of nitrogens with zero attached hydrogens (tertiary/aromatic N) is 2. The van der Waals surface area contributed by atoms with Crippen LogP contribution in [0.2, 0.25) is 5.02 Å². The summed E-state index contributed by atoms with van der Waals surface area (Å²) in [5.74, 6) is 0.381. The normalized spacial score (nSPS) is 10.3. The molecule has 2 N–H and O–H groups in total. The molecule has 0 atom stereocenters. The minimum Gasteiger partial charge on any atom is -0.382 e. The van der Waals surface area contributed by atoms with Crippen LogP contribution < -0.4 is 5.73 Å². The average molecular weight is 285 g/mol. The maximum atomic E-state index is 6.10. The number of aromatic nitrogens is 2. The molecular formula is C10H7BrClN3. The van der Waals surface area contributed by atoms with E-state index >= 15 is 0 Å². The van der Waals surface area contributed by atoms with Crippen molar-refractivity contribution in [1.82, 2.24) is 10.2 Å². The molecule has 2 aromatic rings. The van der Waals surface area contributed by atoms with Crippen LogP contribution in [0.4, 0.5) is 5.82 Å². The number of halogens is 2. The van der Waals surface area contributed by atoms with Crippen LogP contribution in [0.25, 0.3) is 11.1 Å². The van der Waals surface area contributed by atoms with Gasteiger partial charge in [0.25, 0.3) is 0 Å². The van der Waals surface area contributed by atoms with Gasteiger partial charge in [0.1, 0.15) is 5.82 Å². The van der Waals surface area contributed by atoms with Gasteiger partial charge in [0.2, 0.25) is 0 Å². The Labute approximate surface area is 100 Å². The maximum absolute atomic E-state index is 6.10. The third-order valence-electron chi connectivity index (χ3n) is 1.92. The second-order valence-corrected chi connectivity index (χ2v) is 4.32. The van der Waals surface area contributed by atoms with Crippen molar-refractivity contribution in [2.24, 2.45) is 0 Å². The zero-order valence-electron chi connectivity index (χ0n) is 7.61. The Morgan fingerprint density at radius 1 is 1.27 bits per heavy atom. The highest BCUT2D eigenvalue weighted by Crippen LogP contribution is 2.30. The van der Waals surface area contributed by atoms with Gasteiger partial charge in [-0.3, -0.25) is 0 Å². The summed E-state index contributed by atoms with van der Waals surface area (Å²) >= 11 is 9.44. The summed E-state index contributed by atoms with van der Waals surface area (Å²) in [7, 11) is 0. The molecule has 0 saturated carbocycles. The van der Waals surface area contributed by atoms with E-state index in [1.807, 2.05) is 18.2 Å². The van der Waals surface area contributed by atoms with Crippen LogP contribution >= 0.6 is 27.5 Å². The quantitative estimate of drug-likeness (QED) is 0.875. The maximum Gasteiger partial charge on any atom is 0.146 e. The fraction of sp³-hybridized carbons (Fsp3) is 0. The third-order valence-corrected chi connectivity index (χ3v) is 2.72. The number of rotatable bonds is 1. The molecule has 0 radical (unpaired) electrons. The lowest BCUT2D eigenvalue weighted by molar-refractivity contribution is 1.04. The first kappa shape index (κ1) is 10.4. The zero-order chi connectivity index (χ0) is 10.8. The lowest BCUT2D eigenvalue weighted by atomic mass is 10.1. The minimum absolute atomic E-state index is 0.381. The first-order valence-electron chi connectivity index (χ1n) is 4.20. The van der Waals surface area contributed by atoms with Crippen molar-refractivity contribution in [1.29, 1.82) is 0 Å². The standard InChI is InChI=1S/C10H7BrClN3/c11-7-1-2-8(9(12)4-7)6-3-10(13)15-14-5-6/h1-5H,(H2,13,15). The second kappa shape index (κ2) is 4.16. The molecule has 1 aromatic carbocycles. The van der Waals surface area contributed by atoms with Crippen LogP contribution in [0.15, 0.2) is 34.9 Å². The molecule has 0 aliphatic carbocycles. The third kappa shape index (κ3) is 2.27. The van der Waals surface area contributed by atoms with Crippen molar-refractivity contribution >= 4 is 33.3 Å². The van der Waals surface area contributed by atoms with Gasteiger partial charge in [-0.05, 0) is 18.2 Å². The summed E-state index contributed by atoms with van der Waals surface area (Å²) in [5.41, 5.74) is 7.30. The van der Waals surface area contributed by atoms with Gasteiger partial charge in [0, 0.05) is 20.6 Å². The summed E-state index contributed by atoms with van der Waals surface area (Å²) in [6, 6.07) is 7.39. The number of nitrogen functional groups attached to an aromatic ring is 1.